The minimum Gasteiger partial charge on any atom is -0.382 e. The first kappa shape index (κ1) is 12.9. The van der Waals surface area contributed by atoms with Gasteiger partial charge in [-0.1, -0.05) is 13.0 Å². The van der Waals surface area contributed by atoms with E-state index in [1.807, 2.05) is 31.2 Å². The molecule has 1 aromatic carbocycles. The number of hydrogen-bond donors (Lipinski definition) is 2. The number of anilines is 2. The lowest BCUT2D eigenvalue weighted by molar-refractivity contribution is -0.115. The van der Waals surface area contributed by atoms with Crippen molar-refractivity contribution in [1.82, 2.24) is 0 Å². The molecule has 1 fully saturated rings. The summed E-state index contributed by atoms with van der Waals surface area (Å²) >= 11 is 0. The van der Waals surface area contributed by atoms with Crippen LogP contribution in [0.5, 0.6) is 0 Å². The van der Waals surface area contributed by atoms with Crippen molar-refractivity contribution < 1.29 is 9.53 Å². The molecule has 0 saturated carbocycles. The molecule has 0 aromatic heterocycles. The number of benzene rings is 1. The summed E-state index contributed by atoms with van der Waals surface area (Å²) in [4.78, 5) is 11.3. The van der Waals surface area contributed by atoms with Gasteiger partial charge in [-0.2, -0.15) is 0 Å². The van der Waals surface area contributed by atoms with Crippen molar-refractivity contribution in [2.45, 2.75) is 32.2 Å². The van der Waals surface area contributed by atoms with Crippen LogP contribution in [0.3, 0.4) is 0 Å². The number of carbonyl (C=O) groups is 1. The van der Waals surface area contributed by atoms with Crippen LogP contribution in [0.25, 0.3) is 0 Å². The standard InChI is InChI=1S/C14H20N2O2/c1-2-14(17)16-13-5-3-4-12(10-13)15-11-6-8-18-9-7-11/h3-5,10-11,15H,2,6-9H2,1H3,(H,16,17). The van der Waals surface area contributed by atoms with Gasteiger partial charge in [0.25, 0.3) is 0 Å². The fraction of sp³-hybridized carbons (Fsp3) is 0.500. The van der Waals surface area contributed by atoms with Gasteiger partial charge < -0.3 is 15.4 Å². The normalized spacial score (nSPS) is 16.3. The minimum atomic E-state index is 0.0400. The Morgan fingerprint density at radius 1 is 1.33 bits per heavy atom. The lowest BCUT2D eigenvalue weighted by atomic mass is 10.1. The number of carbonyl (C=O) groups excluding carboxylic acids is 1. The van der Waals surface area contributed by atoms with Crippen LogP contribution in [-0.4, -0.2) is 25.2 Å². The molecule has 0 radical (unpaired) electrons. The Labute approximate surface area is 108 Å². The summed E-state index contributed by atoms with van der Waals surface area (Å²) in [5.74, 6) is 0.0400. The van der Waals surface area contributed by atoms with Crippen molar-refractivity contribution in [1.29, 1.82) is 0 Å². The summed E-state index contributed by atoms with van der Waals surface area (Å²) in [5.41, 5.74) is 1.90. The smallest absolute Gasteiger partial charge is 0.224 e. The van der Waals surface area contributed by atoms with Crippen LogP contribution in [0.15, 0.2) is 24.3 Å². The van der Waals surface area contributed by atoms with Gasteiger partial charge in [0, 0.05) is 37.1 Å². The average Bonchev–Trinajstić information content (AvgIpc) is 2.40. The van der Waals surface area contributed by atoms with Crippen molar-refractivity contribution in [2.24, 2.45) is 0 Å². The molecule has 1 aromatic rings. The summed E-state index contributed by atoms with van der Waals surface area (Å²) in [7, 11) is 0. The van der Waals surface area contributed by atoms with E-state index < -0.39 is 0 Å². The molecule has 4 heteroatoms. The highest BCUT2D eigenvalue weighted by Crippen LogP contribution is 2.19. The van der Waals surface area contributed by atoms with Crippen molar-refractivity contribution in [2.75, 3.05) is 23.8 Å². The fourth-order valence-corrected chi connectivity index (χ4v) is 2.01. The monoisotopic (exact) mass is 248 g/mol. The molecule has 2 rings (SSSR count). The largest absolute Gasteiger partial charge is 0.382 e. The molecule has 1 heterocycles. The third-order valence-corrected chi connectivity index (χ3v) is 3.06. The maximum atomic E-state index is 11.3. The van der Waals surface area contributed by atoms with Gasteiger partial charge in [0.15, 0.2) is 0 Å². The van der Waals surface area contributed by atoms with E-state index in [9.17, 15) is 4.79 Å². The molecule has 1 aliphatic rings. The Balaban J connectivity index is 1.95. The van der Waals surface area contributed by atoms with Crippen molar-refractivity contribution in [3.8, 4) is 0 Å². The first-order chi connectivity index (χ1) is 8.78. The van der Waals surface area contributed by atoms with Gasteiger partial charge in [0.05, 0.1) is 0 Å². The van der Waals surface area contributed by atoms with Crippen LogP contribution in [0.4, 0.5) is 11.4 Å². The number of ether oxygens (including phenoxy) is 1. The second-order valence-corrected chi connectivity index (χ2v) is 4.51. The van der Waals surface area contributed by atoms with Gasteiger partial charge in [-0.3, -0.25) is 4.79 Å². The van der Waals surface area contributed by atoms with Gasteiger partial charge >= 0.3 is 0 Å². The molecule has 18 heavy (non-hydrogen) atoms. The number of amides is 1. The van der Waals surface area contributed by atoms with Gasteiger partial charge in [-0.05, 0) is 31.0 Å². The highest BCUT2D eigenvalue weighted by atomic mass is 16.5. The van der Waals surface area contributed by atoms with E-state index in [0.717, 1.165) is 37.4 Å². The third-order valence-electron chi connectivity index (χ3n) is 3.06. The van der Waals surface area contributed by atoms with Crippen LogP contribution in [-0.2, 0) is 9.53 Å². The first-order valence-corrected chi connectivity index (χ1v) is 6.52. The predicted molar refractivity (Wildman–Crippen MR) is 72.8 cm³/mol. The highest BCUT2D eigenvalue weighted by Gasteiger charge is 2.13. The molecule has 1 amide bonds. The Morgan fingerprint density at radius 2 is 2.06 bits per heavy atom. The lowest BCUT2D eigenvalue weighted by Crippen LogP contribution is -2.27. The SMILES string of the molecule is CCC(=O)Nc1cccc(NC2CCOCC2)c1. The third kappa shape index (κ3) is 3.74. The van der Waals surface area contributed by atoms with E-state index in [1.165, 1.54) is 0 Å². The van der Waals surface area contributed by atoms with Crippen molar-refractivity contribution in [3.63, 3.8) is 0 Å². The summed E-state index contributed by atoms with van der Waals surface area (Å²) in [6, 6.07) is 8.33. The molecule has 0 unspecified atom stereocenters. The topological polar surface area (TPSA) is 50.4 Å². The van der Waals surface area contributed by atoms with Crippen LogP contribution in [0.2, 0.25) is 0 Å². The predicted octanol–water partition coefficient (Wildman–Crippen LogP) is 2.63. The molecule has 0 atom stereocenters. The van der Waals surface area contributed by atoms with E-state index in [1.54, 1.807) is 0 Å². The Kier molecular flexibility index (Phi) is 4.59. The highest BCUT2D eigenvalue weighted by molar-refractivity contribution is 5.90. The molecule has 1 saturated heterocycles. The zero-order valence-corrected chi connectivity index (χ0v) is 10.7. The first-order valence-electron chi connectivity index (χ1n) is 6.52. The number of hydrogen-bond acceptors (Lipinski definition) is 3. The second-order valence-electron chi connectivity index (χ2n) is 4.51. The van der Waals surface area contributed by atoms with Gasteiger partial charge in [-0.15, -0.1) is 0 Å². The van der Waals surface area contributed by atoms with Crippen LogP contribution < -0.4 is 10.6 Å². The Bertz CT molecular complexity index is 401. The van der Waals surface area contributed by atoms with Crippen molar-refractivity contribution in [3.05, 3.63) is 24.3 Å². The Hall–Kier alpha value is -1.55. The summed E-state index contributed by atoms with van der Waals surface area (Å²) in [6.07, 6.45) is 2.56. The molecule has 4 nitrogen and oxygen atoms in total. The van der Waals surface area contributed by atoms with Gasteiger partial charge in [0.2, 0.25) is 5.91 Å². The van der Waals surface area contributed by atoms with E-state index in [2.05, 4.69) is 10.6 Å². The van der Waals surface area contributed by atoms with Crippen LogP contribution in [0, 0.1) is 0 Å². The average molecular weight is 248 g/mol. The maximum absolute atomic E-state index is 11.3. The fourth-order valence-electron chi connectivity index (χ4n) is 2.01. The maximum Gasteiger partial charge on any atom is 0.224 e. The zero-order valence-electron chi connectivity index (χ0n) is 10.7. The second kappa shape index (κ2) is 6.40. The zero-order chi connectivity index (χ0) is 12.8. The molecule has 1 aliphatic heterocycles. The lowest BCUT2D eigenvalue weighted by Gasteiger charge is -2.24. The van der Waals surface area contributed by atoms with Crippen LogP contribution in [0.1, 0.15) is 26.2 Å². The molecule has 98 valence electrons. The minimum absolute atomic E-state index is 0.0400. The van der Waals surface area contributed by atoms with E-state index in [0.29, 0.717) is 12.5 Å². The summed E-state index contributed by atoms with van der Waals surface area (Å²) < 4.78 is 5.33. The molecular weight excluding hydrogens is 228 g/mol. The Morgan fingerprint density at radius 3 is 2.78 bits per heavy atom. The van der Waals surface area contributed by atoms with E-state index in [4.69, 9.17) is 4.74 Å². The number of rotatable bonds is 4. The summed E-state index contributed by atoms with van der Waals surface area (Å²) in [5, 5.41) is 6.35. The molecule has 0 aliphatic carbocycles. The van der Waals surface area contributed by atoms with E-state index >= 15 is 0 Å². The number of nitrogens with one attached hydrogen (secondary N) is 2. The quantitative estimate of drug-likeness (QED) is 0.861. The molecular formula is C14H20N2O2. The van der Waals surface area contributed by atoms with Gasteiger partial charge in [0.1, 0.15) is 0 Å². The van der Waals surface area contributed by atoms with Crippen LogP contribution >= 0.6 is 0 Å². The van der Waals surface area contributed by atoms with Crippen molar-refractivity contribution >= 4 is 17.3 Å². The van der Waals surface area contributed by atoms with E-state index in [-0.39, 0.29) is 5.91 Å². The summed E-state index contributed by atoms with van der Waals surface area (Å²) in [6.45, 7) is 3.49. The molecule has 0 bridgehead atoms. The van der Waals surface area contributed by atoms with Gasteiger partial charge in [-0.25, -0.2) is 0 Å². The molecule has 2 N–H and O–H groups in total. The molecule has 0 spiro atoms.